The van der Waals surface area contributed by atoms with E-state index in [9.17, 15) is 4.79 Å². The molecule has 138 valence electrons. The van der Waals surface area contributed by atoms with Crippen LogP contribution in [0.4, 0.5) is 5.13 Å². The number of anilines is 1. The number of benzene rings is 2. The smallest absolute Gasteiger partial charge is 0.246 e. The zero-order valence-electron chi connectivity index (χ0n) is 15.7. The maximum absolute atomic E-state index is 12.4. The highest BCUT2D eigenvalue weighted by Crippen LogP contribution is 2.32. The highest BCUT2D eigenvalue weighted by Gasteiger charge is 2.22. The molecule has 1 amide bonds. The third-order valence-corrected chi connectivity index (χ3v) is 6.16. The number of hydrogen-bond acceptors (Lipinski definition) is 4. The maximum atomic E-state index is 12.4. The zero-order chi connectivity index (χ0) is 18.8. The lowest BCUT2D eigenvalue weighted by Crippen LogP contribution is -2.48. The van der Waals surface area contributed by atoms with Crippen molar-refractivity contribution in [3.05, 3.63) is 65.2 Å². The topological polar surface area (TPSA) is 36.4 Å². The van der Waals surface area contributed by atoms with E-state index in [0.717, 1.165) is 42.4 Å². The van der Waals surface area contributed by atoms with Crippen LogP contribution in [0.2, 0.25) is 0 Å². The molecule has 0 radical (unpaired) electrons. The first-order valence-corrected chi connectivity index (χ1v) is 10.1. The second kappa shape index (κ2) is 7.53. The molecule has 4 nitrogen and oxygen atoms in total. The second-order valence-corrected chi connectivity index (χ2v) is 7.96. The molecule has 3 aromatic rings. The predicted molar refractivity (Wildman–Crippen MR) is 113 cm³/mol. The molecule has 5 heteroatoms. The first-order valence-electron chi connectivity index (χ1n) is 9.25. The summed E-state index contributed by atoms with van der Waals surface area (Å²) in [5.41, 5.74) is 4.66. The number of carbonyl (C=O) groups excluding carboxylic acids is 1. The van der Waals surface area contributed by atoms with Crippen molar-refractivity contribution in [3.63, 3.8) is 0 Å². The summed E-state index contributed by atoms with van der Waals surface area (Å²) in [6.07, 6.45) is 3.56. The van der Waals surface area contributed by atoms with E-state index in [1.54, 1.807) is 17.4 Å². The van der Waals surface area contributed by atoms with Crippen molar-refractivity contribution in [3.8, 4) is 0 Å². The summed E-state index contributed by atoms with van der Waals surface area (Å²) in [6, 6.07) is 14.3. The van der Waals surface area contributed by atoms with E-state index < -0.39 is 0 Å². The Hall–Kier alpha value is -2.66. The van der Waals surface area contributed by atoms with Gasteiger partial charge in [0.25, 0.3) is 0 Å². The molecule has 0 spiro atoms. The molecule has 4 rings (SSSR count). The summed E-state index contributed by atoms with van der Waals surface area (Å²) in [5.74, 6) is 0.0780. The van der Waals surface area contributed by atoms with Gasteiger partial charge >= 0.3 is 0 Å². The maximum Gasteiger partial charge on any atom is 0.246 e. The number of hydrogen-bond donors (Lipinski definition) is 0. The normalized spacial score (nSPS) is 15.0. The minimum absolute atomic E-state index is 0.0780. The summed E-state index contributed by atoms with van der Waals surface area (Å²) in [4.78, 5) is 21.5. The highest BCUT2D eigenvalue weighted by molar-refractivity contribution is 7.22. The van der Waals surface area contributed by atoms with Gasteiger partial charge in [0.2, 0.25) is 5.91 Å². The third-order valence-electron chi connectivity index (χ3n) is 4.89. The van der Waals surface area contributed by atoms with Gasteiger partial charge in [-0.25, -0.2) is 4.98 Å². The van der Waals surface area contributed by atoms with Gasteiger partial charge in [0, 0.05) is 32.3 Å². The van der Waals surface area contributed by atoms with E-state index in [4.69, 9.17) is 4.98 Å². The van der Waals surface area contributed by atoms with Gasteiger partial charge in [-0.1, -0.05) is 47.7 Å². The van der Waals surface area contributed by atoms with Crippen LogP contribution in [0, 0.1) is 13.8 Å². The number of aryl methyl sites for hydroxylation is 2. The Morgan fingerprint density at radius 3 is 2.56 bits per heavy atom. The molecule has 1 aliphatic heterocycles. The molecular weight excluding hydrogens is 354 g/mol. The third kappa shape index (κ3) is 3.88. The van der Waals surface area contributed by atoms with Crippen molar-refractivity contribution in [2.75, 3.05) is 31.1 Å². The molecule has 0 saturated carbocycles. The van der Waals surface area contributed by atoms with Crippen molar-refractivity contribution in [2.45, 2.75) is 13.8 Å². The van der Waals surface area contributed by atoms with Crippen LogP contribution in [0.5, 0.6) is 0 Å². The van der Waals surface area contributed by atoms with Gasteiger partial charge in [0.05, 0.1) is 10.2 Å². The predicted octanol–water partition coefficient (Wildman–Crippen LogP) is 4.28. The van der Waals surface area contributed by atoms with Crippen LogP contribution in [-0.2, 0) is 4.79 Å². The number of aromatic nitrogens is 1. The lowest BCUT2D eigenvalue weighted by molar-refractivity contribution is -0.126. The Bertz CT molecular complexity index is 985. The van der Waals surface area contributed by atoms with Gasteiger partial charge in [-0.2, -0.15) is 0 Å². The van der Waals surface area contributed by atoms with E-state index in [1.165, 1.54) is 15.8 Å². The number of carbonyl (C=O) groups is 1. The molecule has 0 aliphatic carbocycles. The van der Waals surface area contributed by atoms with Crippen molar-refractivity contribution < 1.29 is 4.79 Å². The lowest BCUT2D eigenvalue weighted by Gasteiger charge is -2.34. The van der Waals surface area contributed by atoms with Crippen LogP contribution in [0.3, 0.4) is 0 Å². The monoisotopic (exact) mass is 377 g/mol. The van der Waals surface area contributed by atoms with Crippen LogP contribution in [0.25, 0.3) is 16.3 Å². The molecule has 2 heterocycles. The Morgan fingerprint density at radius 2 is 1.81 bits per heavy atom. The fourth-order valence-corrected chi connectivity index (χ4v) is 4.52. The van der Waals surface area contributed by atoms with Crippen LogP contribution < -0.4 is 4.90 Å². The van der Waals surface area contributed by atoms with Gasteiger partial charge < -0.3 is 9.80 Å². The largest absolute Gasteiger partial charge is 0.345 e. The second-order valence-electron chi connectivity index (χ2n) is 6.98. The molecule has 27 heavy (non-hydrogen) atoms. The fraction of sp³-hybridized carbons (Fsp3) is 0.273. The Balaban J connectivity index is 1.41. The van der Waals surface area contributed by atoms with Crippen LogP contribution in [0.15, 0.2) is 48.5 Å². The number of fused-ring (bicyclic) bond motifs is 1. The van der Waals surface area contributed by atoms with Gasteiger partial charge in [0.1, 0.15) is 0 Å². The molecule has 1 aromatic heterocycles. The molecular formula is C22H23N3OS. The first kappa shape index (κ1) is 17.7. The van der Waals surface area contributed by atoms with E-state index in [2.05, 4.69) is 30.9 Å². The molecule has 1 aliphatic rings. The fourth-order valence-electron chi connectivity index (χ4n) is 3.46. The van der Waals surface area contributed by atoms with Gasteiger partial charge in [-0.3, -0.25) is 4.79 Å². The summed E-state index contributed by atoms with van der Waals surface area (Å²) < 4.78 is 1.26. The first-order chi connectivity index (χ1) is 13.1. The Morgan fingerprint density at radius 1 is 1.07 bits per heavy atom. The average Bonchev–Trinajstić information content (AvgIpc) is 3.11. The number of thiazole rings is 1. The summed E-state index contributed by atoms with van der Waals surface area (Å²) in [6.45, 7) is 7.36. The van der Waals surface area contributed by atoms with Crippen LogP contribution >= 0.6 is 11.3 Å². The molecule has 2 aromatic carbocycles. The minimum Gasteiger partial charge on any atom is -0.345 e. The van der Waals surface area contributed by atoms with Gasteiger partial charge in [-0.15, -0.1) is 0 Å². The van der Waals surface area contributed by atoms with Crippen LogP contribution in [0.1, 0.15) is 16.7 Å². The molecule has 0 unspecified atom stereocenters. The highest BCUT2D eigenvalue weighted by atomic mass is 32.1. The zero-order valence-corrected chi connectivity index (χ0v) is 16.5. The molecule has 1 fully saturated rings. The Kier molecular flexibility index (Phi) is 4.94. The summed E-state index contributed by atoms with van der Waals surface area (Å²) >= 11 is 1.75. The van der Waals surface area contributed by atoms with Crippen molar-refractivity contribution >= 4 is 38.7 Å². The van der Waals surface area contributed by atoms with Crippen molar-refractivity contribution in [1.29, 1.82) is 0 Å². The van der Waals surface area contributed by atoms with Gasteiger partial charge in [0.15, 0.2) is 5.13 Å². The van der Waals surface area contributed by atoms with E-state index in [-0.39, 0.29) is 5.91 Å². The number of rotatable bonds is 3. The standard InChI is InChI=1S/C22H23N3OS/c1-16-14-17(2)21-19(15-16)23-22(27-21)25-12-10-24(11-13-25)20(26)9-8-18-6-4-3-5-7-18/h3-9,14-15H,10-13H2,1-2H3/b9-8+. The molecule has 0 bridgehead atoms. The minimum atomic E-state index is 0.0780. The summed E-state index contributed by atoms with van der Waals surface area (Å²) in [5, 5.41) is 1.06. The van der Waals surface area contributed by atoms with Crippen molar-refractivity contribution in [1.82, 2.24) is 9.88 Å². The Labute approximate surface area is 163 Å². The quantitative estimate of drug-likeness (QED) is 0.640. The SMILES string of the molecule is Cc1cc(C)c2sc(N3CCN(C(=O)/C=C/c4ccccc4)CC3)nc2c1. The molecule has 1 saturated heterocycles. The van der Waals surface area contributed by atoms with E-state index >= 15 is 0 Å². The number of amides is 1. The lowest BCUT2D eigenvalue weighted by atomic mass is 10.1. The summed E-state index contributed by atoms with van der Waals surface area (Å²) in [7, 11) is 0. The average molecular weight is 378 g/mol. The van der Waals surface area contributed by atoms with E-state index in [0.29, 0.717) is 0 Å². The molecule has 0 atom stereocenters. The van der Waals surface area contributed by atoms with Crippen molar-refractivity contribution in [2.24, 2.45) is 0 Å². The molecule has 0 N–H and O–H groups in total. The van der Waals surface area contributed by atoms with Gasteiger partial charge in [-0.05, 0) is 42.7 Å². The number of nitrogens with zero attached hydrogens (tertiary/aromatic N) is 3. The van der Waals surface area contributed by atoms with Crippen LogP contribution in [-0.4, -0.2) is 42.0 Å². The van der Waals surface area contributed by atoms with E-state index in [1.807, 2.05) is 41.3 Å². The number of piperazine rings is 1.